The highest BCUT2D eigenvalue weighted by atomic mass is 16.5. The first kappa shape index (κ1) is 11.5. The third kappa shape index (κ3) is 2.20. The van der Waals surface area contributed by atoms with Crippen molar-refractivity contribution in [2.24, 2.45) is 0 Å². The van der Waals surface area contributed by atoms with Gasteiger partial charge in [0.15, 0.2) is 5.82 Å². The molecule has 0 bridgehead atoms. The molecule has 2 aromatic carbocycles. The number of para-hydroxylation sites is 1. The number of hydrogen-bond acceptors (Lipinski definition) is 3. The van der Waals surface area contributed by atoms with Crippen molar-refractivity contribution in [2.45, 2.75) is 0 Å². The van der Waals surface area contributed by atoms with Crippen LogP contribution in [0.3, 0.4) is 0 Å². The van der Waals surface area contributed by atoms with Crippen LogP contribution in [-0.4, -0.2) is 21.9 Å². The molecule has 4 nitrogen and oxygen atoms in total. The van der Waals surface area contributed by atoms with Crippen molar-refractivity contribution in [2.75, 3.05) is 7.11 Å². The Balaban J connectivity index is 2.04. The summed E-state index contributed by atoms with van der Waals surface area (Å²) in [6.45, 7) is 0. The van der Waals surface area contributed by atoms with Crippen LogP contribution in [-0.2, 0) is 0 Å². The number of benzene rings is 2. The van der Waals surface area contributed by atoms with E-state index in [4.69, 9.17) is 4.74 Å². The van der Waals surface area contributed by atoms with E-state index in [9.17, 15) is 0 Å². The van der Waals surface area contributed by atoms with E-state index in [0.717, 1.165) is 22.8 Å². The van der Waals surface area contributed by atoms with Crippen molar-refractivity contribution >= 4 is 0 Å². The van der Waals surface area contributed by atoms with E-state index in [2.05, 4.69) is 10.1 Å². The summed E-state index contributed by atoms with van der Waals surface area (Å²) in [5.41, 5.74) is 1.99. The van der Waals surface area contributed by atoms with E-state index in [0.29, 0.717) is 0 Å². The van der Waals surface area contributed by atoms with Gasteiger partial charge in [0.25, 0.3) is 0 Å². The molecule has 0 spiro atoms. The average Bonchev–Trinajstić information content (AvgIpc) is 2.98. The summed E-state index contributed by atoms with van der Waals surface area (Å²) in [5.74, 6) is 1.64. The first-order valence-electron chi connectivity index (χ1n) is 5.98. The van der Waals surface area contributed by atoms with Gasteiger partial charge in [-0.15, -0.1) is 0 Å². The first-order chi connectivity index (χ1) is 9.38. The fourth-order valence-electron chi connectivity index (χ4n) is 1.94. The number of nitrogens with zero attached hydrogens (tertiary/aromatic N) is 3. The molecule has 3 rings (SSSR count). The topological polar surface area (TPSA) is 39.9 Å². The maximum absolute atomic E-state index is 5.16. The van der Waals surface area contributed by atoms with Gasteiger partial charge in [-0.25, -0.2) is 9.67 Å². The minimum Gasteiger partial charge on any atom is -0.497 e. The monoisotopic (exact) mass is 251 g/mol. The van der Waals surface area contributed by atoms with Crippen LogP contribution in [0.2, 0.25) is 0 Å². The molecule has 1 aromatic heterocycles. The molecule has 0 aliphatic carbocycles. The summed E-state index contributed by atoms with van der Waals surface area (Å²) in [6, 6.07) is 17.7. The molecule has 0 saturated heterocycles. The van der Waals surface area contributed by atoms with E-state index in [1.54, 1.807) is 13.4 Å². The van der Waals surface area contributed by atoms with Crippen LogP contribution in [0.25, 0.3) is 17.1 Å². The SMILES string of the molecule is COc1ccc(-c2ncnn2-c2ccccc2)cc1. The van der Waals surface area contributed by atoms with E-state index in [-0.39, 0.29) is 0 Å². The van der Waals surface area contributed by atoms with Crippen LogP contribution in [0.4, 0.5) is 0 Å². The van der Waals surface area contributed by atoms with E-state index < -0.39 is 0 Å². The van der Waals surface area contributed by atoms with Gasteiger partial charge in [-0.2, -0.15) is 5.10 Å². The lowest BCUT2D eigenvalue weighted by Gasteiger charge is -2.06. The zero-order valence-electron chi connectivity index (χ0n) is 10.5. The predicted octanol–water partition coefficient (Wildman–Crippen LogP) is 2.94. The summed E-state index contributed by atoms with van der Waals surface area (Å²) in [4.78, 5) is 4.33. The van der Waals surface area contributed by atoms with Gasteiger partial charge in [-0.05, 0) is 36.4 Å². The number of aromatic nitrogens is 3. The molecule has 0 radical (unpaired) electrons. The first-order valence-corrected chi connectivity index (χ1v) is 5.98. The lowest BCUT2D eigenvalue weighted by Crippen LogP contribution is -1.99. The Bertz CT molecular complexity index is 659. The smallest absolute Gasteiger partial charge is 0.163 e. The van der Waals surface area contributed by atoms with Gasteiger partial charge in [-0.1, -0.05) is 18.2 Å². The van der Waals surface area contributed by atoms with Gasteiger partial charge in [0.1, 0.15) is 12.1 Å². The predicted molar refractivity (Wildman–Crippen MR) is 73.3 cm³/mol. The van der Waals surface area contributed by atoms with Crippen molar-refractivity contribution in [1.82, 2.24) is 14.8 Å². The molecule has 0 aliphatic heterocycles. The van der Waals surface area contributed by atoms with E-state index >= 15 is 0 Å². The van der Waals surface area contributed by atoms with Gasteiger partial charge in [0.05, 0.1) is 12.8 Å². The fraction of sp³-hybridized carbons (Fsp3) is 0.0667. The zero-order chi connectivity index (χ0) is 13.1. The minimum absolute atomic E-state index is 0.814. The molecule has 0 saturated carbocycles. The number of rotatable bonds is 3. The molecule has 19 heavy (non-hydrogen) atoms. The van der Waals surface area contributed by atoms with Crippen molar-refractivity contribution < 1.29 is 4.74 Å². The number of hydrogen-bond donors (Lipinski definition) is 0. The Morgan fingerprint density at radius 2 is 1.68 bits per heavy atom. The Hall–Kier alpha value is -2.62. The van der Waals surface area contributed by atoms with Gasteiger partial charge in [-0.3, -0.25) is 0 Å². The maximum Gasteiger partial charge on any atom is 0.163 e. The van der Waals surface area contributed by atoms with Gasteiger partial charge in [0.2, 0.25) is 0 Å². The highest BCUT2D eigenvalue weighted by Gasteiger charge is 2.08. The van der Waals surface area contributed by atoms with Gasteiger partial charge >= 0.3 is 0 Å². The van der Waals surface area contributed by atoms with Crippen LogP contribution < -0.4 is 4.74 Å². The van der Waals surface area contributed by atoms with E-state index in [1.165, 1.54) is 0 Å². The molecule has 0 atom stereocenters. The summed E-state index contributed by atoms with van der Waals surface area (Å²) >= 11 is 0. The van der Waals surface area contributed by atoms with Crippen molar-refractivity contribution in [1.29, 1.82) is 0 Å². The number of ether oxygens (including phenoxy) is 1. The summed E-state index contributed by atoms with van der Waals surface area (Å²) in [5, 5.41) is 4.28. The molecule has 0 fully saturated rings. The molecule has 0 amide bonds. The van der Waals surface area contributed by atoms with Crippen LogP contribution in [0, 0.1) is 0 Å². The summed E-state index contributed by atoms with van der Waals surface area (Å²) in [6.07, 6.45) is 1.56. The molecular formula is C15H13N3O. The lowest BCUT2D eigenvalue weighted by atomic mass is 10.2. The molecule has 0 unspecified atom stereocenters. The van der Waals surface area contributed by atoms with Crippen LogP contribution >= 0.6 is 0 Å². The summed E-state index contributed by atoms with van der Waals surface area (Å²) in [7, 11) is 1.65. The normalized spacial score (nSPS) is 10.4. The van der Waals surface area contributed by atoms with Gasteiger partial charge < -0.3 is 4.74 Å². The highest BCUT2D eigenvalue weighted by molar-refractivity contribution is 5.58. The quantitative estimate of drug-likeness (QED) is 0.718. The summed E-state index contributed by atoms with van der Waals surface area (Å²) < 4.78 is 6.98. The molecule has 1 heterocycles. The van der Waals surface area contributed by atoms with Crippen LogP contribution in [0.15, 0.2) is 60.9 Å². The molecule has 94 valence electrons. The van der Waals surface area contributed by atoms with E-state index in [1.807, 2.05) is 59.3 Å². The average molecular weight is 251 g/mol. The Morgan fingerprint density at radius 3 is 2.37 bits per heavy atom. The minimum atomic E-state index is 0.814. The van der Waals surface area contributed by atoms with Crippen LogP contribution in [0.1, 0.15) is 0 Å². The Labute approximate surface area is 111 Å². The molecular weight excluding hydrogens is 238 g/mol. The highest BCUT2D eigenvalue weighted by Crippen LogP contribution is 2.22. The second-order valence-electron chi connectivity index (χ2n) is 4.06. The molecule has 4 heteroatoms. The van der Waals surface area contributed by atoms with Crippen molar-refractivity contribution in [3.05, 3.63) is 60.9 Å². The maximum atomic E-state index is 5.16. The largest absolute Gasteiger partial charge is 0.497 e. The fourth-order valence-corrected chi connectivity index (χ4v) is 1.94. The standard InChI is InChI=1S/C15H13N3O/c1-19-14-9-7-12(8-10-14)15-16-11-17-18(15)13-5-3-2-4-6-13/h2-11H,1H3. The second kappa shape index (κ2) is 4.94. The molecule has 3 aromatic rings. The van der Waals surface area contributed by atoms with Crippen molar-refractivity contribution in [3.8, 4) is 22.8 Å². The zero-order valence-corrected chi connectivity index (χ0v) is 10.5. The second-order valence-corrected chi connectivity index (χ2v) is 4.06. The third-order valence-electron chi connectivity index (χ3n) is 2.90. The Kier molecular flexibility index (Phi) is 2.98. The molecule has 0 N–H and O–H groups in total. The third-order valence-corrected chi connectivity index (χ3v) is 2.90. The van der Waals surface area contributed by atoms with Crippen LogP contribution in [0.5, 0.6) is 5.75 Å². The molecule has 0 aliphatic rings. The lowest BCUT2D eigenvalue weighted by molar-refractivity contribution is 0.415. The number of methoxy groups -OCH3 is 1. The van der Waals surface area contributed by atoms with Gasteiger partial charge in [0, 0.05) is 5.56 Å². The van der Waals surface area contributed by atoms with Crippen molar-refractivity contribution in [3.63, 3.8) is 0 Å². The Morgan fingerprint density at radius 1 is 0.947 bits per heavy atom.